The first-order valence-electron chi connectivity index (χ1n) is 4.29. The standard InChI is InChI=1S/C8H16N2O3S2/c1-8(2,7(9)14)5-10-6(11)4-15(3,12)13/h4-5H2,1-3H3,(H2,9,14)(H,10,11). The second kappa shape index (κ2) is 4.89. The third kappa shape index (κ3) is 6.40. The molecule has 0 aliphatic rings. The normalized spacial score (nSPS) is 12.2. The number of thiocarbonyl (C=S) groups is 1. The van der Waals surface area contributed by atoms with E-state index in [9.17, 15) is 13.2 Å². The number of carbonyl (C=O) groups excluding carboxylic acids is 1. The Hall–Kier alpha value is -0.690. The van der Waals surface area contributed by atoms with Gasteiger partial charge in [-0.1, -0.05) is 26.1 Å². The van der Waals surface area contributed by atoms with E-state index in [1.54, 1.807) is 13.8 Å². The van der Waals surface area contributed by atoms with Gasteiger partial charge in [0.15, 0.2) is 9.84 Å². The van der Waals surface area contributed by atoms with Gasteiger partial charge in [0.25, 0.3) is 0 Å². The summed E-state index contributed by atoms with van der Waals surface area (Å²) in [4.78, 5) is 11.4. The average molecular weight is 252 g/mol. The van der Waals surface area contributed by atoms with Gasteiger partial charge in [0.2, 0.25) is 5.91 Å². The van der Waals surface area contributed by atoms with Crippen molar-refractivity contribution in [2.75, 3.05) is 18.6 Å². The van der Waals surface area contributed by atoms with Crippen LogP contribution in [0.3, 0.4) is 0 Å². The third-order valence-corrected chi connectivity index (χ3v) is 3.13. The highest BCUT2D eigenvalue weighted by molar-refractivity contribution is 7.91. The summed E-state index contributed by atoms with van der Waals surface area (Å²) < 4.78 is 21.6. The van der Waals surface area contributed by atoms with Gasteiger partial charge < -0.3 is 11.1 Å². The fraction of sp³-hybridized carbons (Fsp3) is 0.750. The summed E-state index contributed by atoms with van der Waals surface area (Å²) in [6.07, 6.45) is 1.01. The van der Waals surface area contributed by atoms with Crippen molar-refractivity contribution in [3.8, 4) is 0 Å². The zero-order valence-electron chi connectivity index (χ0n) is 9.03. The first-order chi connectivity index (χ1) is 6.54. The minimum atomic E-state index is -3.29. The van der Waals surface area contributed by atoms with E-state index in [1.165, 1.54) is 0 Å². The van der Waals surface area contributed by atoms with Crippen LogP contribution < -0.4 is 11.1 Å². The van der Waals surface area contributed by atoms with Crippen LogP contribution in [0, 0.1) is 5.41 Å². The number of amides is 1. The molecular weight excluding hydrogens is 236 g/mol. The average Bonchev–Trinajstić information content (AvgIpc) is 1.97. The van der Waals surface area contributed by atoms with Crippen LogP contribution in [0.4, 0.5) is 0 Å². The van der Waals surface area contributed by atoms with Crippen LogP contribution in [0.2, 0.25) is 0 Å². The van der Waals surface area contributed by atoms with Gasteiger partial charge in [-0.15, -0.1) is 0 Å². The lowest BCUT2D eigenvalue weighted by Gasteiger charge is -2.23. The number of sulfone groups is 1. The first kappa shape index (κ1) is 14.3. The van der Waals surface area contributed by atoms with E-state index in [1.807, 2.05) is 0 Å². The molecule has 0 atom stereocenters. The van der Waals surface area contributed by atoms with Crippen molar-refractivity contribution in [2.45, 2.75) is 13.8 Å². The number of nitrogens with one attached hydrogen (secondary N) is 1. The number of hydrogen-bond acceptors (Lipinski definition) is 4. The van der Waals surface area contributed by atoms with E-state index in [2.05, 4.69) is 5.32 Å². The maximum absolute atomic E-state index is 11.2. The number of hydrogen-bond donors (Lipinski definition) is 2. The molecule has 0 spiro atoms. The Morgan fingerprint density at radius 1 is 1.47 bits per heavy atom. The highest BCUT2D eigenvalue weighted by atomic mass is 32.2. The van der Waals surface area contributed by atoms with E-state index in [0.29, 0.717) is 0 Å². The summed E-state index contributed by atoms with van der Waals surface area (Å²) in [5.41, 5.74) is 4.93. The Balaban J connectivity index is 4.19. The predicted octanol–water partition coefficient (Wildman–Crippen LogP) is -0.540. The molecule has 1 amide bonds. The Morgan fingerprint density at radius 2 is 1.93 bits per heavy atom. The fourth-order valence-corrected chi connectivity index (χ4v) is 1.35. The van der Waals surface area contributed by atoms with Crippen molar-refractivity contribution < 1.29 is 13.2 Å². The van der Waals surface area contributed by atoms with E-state index >= 15 is 0 Å². The SMILES string of the molecule is CC(C)(CNC(=O)CS(C)(=O)=O)C(N)=S. The molecule has 0 bridgehead atoms. The molecule has 0 aromatic heterocycles. The second-order valence-electron chi connectivity index (χ2n) is 4.09. The van der Waals surface area contributed by atoms with Gasteiger partial charge >= 0.3 is 0 Å². The molecule has 7 heteroatoms. The highest BCUT2D eigenvalue weighted by Crippen LogP contribution is 2.13. The molecule has 0 unspecified atom stereocenters. The topological polar surface area (TPSA) is 89.3 Å². The fourth-order valence-electron chi connectivity index (χ4n) is 0.696. The van der Waals surface area contributed by atoms with Gasteiger partial charge in [-0.3, -0.25) is 4.79 Å². The molecule has 0 saturated carbocycles. The molecule has 5 nitrogen and oxygen atoms in total. The monoisotopic (exact) mass is 252 g/mol. The molecule has 0 aromatic carbocycles. The molecule has 88 valence electrons. The summed E-state index contributed by atoms with van der Waals surface area (Å²) in [5.74, 6) is -1.05. The molecule has 0 aliphatic carbocycles. The molecule has 3 N–H and O–H groups in total. The van der Waals surface area contributed by atoms with Gasteiger partial charge in [0, 0.05) is 18.2 Å². The smallest absolute Gasteiger partial charge is 0.235 e. The summed E-state index contributed by atoms with van der Waals surface area (Å²) in [5, 5.41) is 2.48. The molecule has 15 heavy (non-hydrogen) atoms. The van der Waals surface area contributed by atoms with Crippen LogP contribution in [0.25, 0.3) is 0 Å². The Kier molecular flexibility index (Phi) is 4.66. The van der Waals surface area contributed by atoms with Crippen LogP contribution in [-0.4, -0.2) is 37.9 Å². The Labute approximate surface area is 95.3 Å². The van der Waals surface area contributed by atoms with Gasteiger partial charge in [-0.05, 0) is 0 Å². The van der Waals surface area contributed by atoms with Crippen LogP contribution in [0.1, 0.15) is 13.8 Å². The zero-order valence-corrected chi connectivity index (χ0v) is 10.7. The molecular formula is C8H16N2O3S2. The second-order valence-corrected chi connectivity index (χ2v) is 6.67. The summed E-state index contributed by atoms with van der Waals surface area (Å²) in [6, 6.07) is 0. The van der Waals surface area contributed by atoms with Crippen LogP contribution >= 0.6 is 12.2 Å². The lowest BCUT2D eigenvalue weighted by atomic mass is 9.94. The van der Waals surface area contributed by atoms with Crippen LogP contribution in [0.15, 0.2) is 0 Å². The van der Waals surface area contributed by atoms with Crippen molar-refractivity contribution in [3.05, 3.63) is 0 Å². The number of carbonyl (C=O) groups is 1. The highest BCUT2D eigenvalue weighted by Gasteiger charge is 2.22. The Bertz CT molecular complexity index is 360. The lowest BCUT2D eigenvalue weighted by molar-refractivity contribution is -0.118. The molecule has 0 rings (SSSR count). The maximum Gasteiger partial charge on any atom is 0.235 e. The number of nitrogens with two attached hydrogens (primary N) is 1. The molecule has 0 fully saturated rings. The molecule has 0 aliphatic heterocycles. The molecule has 0 aromatic rings. The molecule has 0 heterocycles. The van der Waals surface area contributed by atoms with Crippen molar-refractivity contribution >= 4 is 33.0 Å². The van der Waals surface area contributed by atoms with Crippen LogP contribution in [0.5, 0.6) is 0 Å². The Morgan fingerprint density at radius 3 is 2.27 bits per heavy atom. The first-order valence-corrected chi connectivity index (χ1v) is 6.76. The summed E-state index contributed by atoms with van der Waals surface area (Å²) in [6.45, 7) is 3.78. The number of rotatable bonds is 5. The molecule has 0 radical (unpaired) electrons. The van der Waals surface area contributed by atoms with E-state index in [-0.39, 0.29) is 11.5 Å². The van der Waals surface area contributed by atoms with Crippen molar-refractivity contribution in [1.29, 1.82) is 0 Å². The van der Waals surface area contributed by atoms with Gasteiger partial charge in [0.1, 0.15) is 5.75 Å². The van der Waals surface area contributed by atoms with Gasteiger partial charge in [-0.2, -0.15) is 0 Å². The predicted molar refractivity (Wildman–Crippen MR) is 63.3 cm³/mol. The maximum atomic E-state index is 11.2. The van der Waals surface area contributed by atoms with Gasteiger partial charge in [0.05, 0.1) is 4.99 Å². The third-order valence-electron chi connectivity index (χ3n) is 1.79. The summed E-state index contributed by atoms with van der Waals surface area (Å²) >= 11 is 4.80. The van der Waals surface area contributed by atoms with Gasteiger partial charge in [-0.25, -0.2) is 8.42 Å². The minimum absolute atomic E-state index is 0.233. The van der Waals surface area contributed by atoms with Crippen molar-refractivity contribution in [1.82, 2.24) is 5.32 Å². The minimum Gasteiger partial charge on any atom is -0.393 e. The summed E-state index contributed by atoms with van der Waals surface area (Å²) in [7, 11) is -3.29. The largest absolute Gasteiger partial charge is 0.393 e. The van der Waals surface area contributed by atoms with E-state index in [0.717, 1.165) is 6.26 Å². The van der Waals surface area contributed by atoms with E-state index in [4.69, 9.17) is 18.0 Å². The lowest BCUT2D eigenvalue weighted by Crippen LogP contribution is -2.43. The quantitative estimate of drug-likeness (QED) is 0.641. The van der Waals surface area contributed by atoms with E-state index < -0.39 is 26.9 Å². The van der Waals surface area contributed by atoms with Crippen molar-refractivity contribution in [3.63, 3.8) is 0 Å². The van der Waals surface area contributed by atoms with Crippen LogP contribution in [-0.2, 0) is 14.6 Å². The molecule has 0 saturated heterocycles. The van der Waals surface area contributed by atoms with Crippen molar-refractivity contribution in [2.24, 2.45) is 11.1 Å². The zero-order chi connectivity index (χ0) is 12.3.